The fourth-order valence-corrected chi connectivity index (χ4v) is 1.88. The molecule has 1 amide bonds. The highest BCUT2D eigenvalue weighted by atomic mass is 19.4. The molecular formula is C17H10F4N2O. The third-order valence-electron chi connectivity index (χ3n) is 2.97. The third-order valence-corrected chi connectivity index (χ3v) is 2.97. The van der Waals surface area contributed by atoms with Crippen LogP contribution in [0.1, 0.15) is 11.1 Å². The number of halogens is 4. The van der Waals surface area contributed by atoms with Crippen LogP contribution >= 0.6 is 0 Å². The van der Waals surface area contributed by atoms with Crippen molar-refractivity contribution < 1.29 is 22.4 Å². The Kier molecular flexibility index (Phi) is 4.99. The number of carbonyl (C=O) groups excluding carboxylic acids is 1. The molecule has 7 heteroatoms. The first kappa shape index (κ1) is 17.2. The van der Waals surface area contributed by atoms with Crippen molar-refractivity contribution in [3.63, 3.8) is 0 Å². The van der Waals surface area contributed by atoms with E-state index in [1.165, 1.54) is 24.3 Å². The van der Waals surface area contributed by atoms with Gasteiger partial charge in [0.15, 0.2) is 0 Å². The van der Waals surface area contributed by atoms with Gasteiger partial charge in [0.05, 0.1) is 5.56 Å². The molecule has 0 aliphatic rings. The van der Waals surface area contributed by atoms with Crippen molar-refractivity contribution >= 4 is 17.7 Å². The minimum atomic E-state index is -4.55. The fraction of sp³-hybridized carbons (Fsp3) is 0.0588. The summed E-state index contributed by atoms with van der Waals surface area (Å²) in [6, 6.07) is 10.9. The molecule has 0 fully saturated rings. The van der Waals surface area contributed by atoms with Crippen molar-refractivity contribution in [3.8, 4) is 6.07 Å². The van der Waals surface area contributed by atoms with Crippen LogP contribution in [0.4, 0.5) is 23.2 Å². The van der Waals surface area contributed by atoms with Crippen molar-refractivity contribution in [2.75, 3.05) is 5.32 Å². The van der Waals surface area contributed by atoms with Crippen LogP contribution in [-0.4, -0.2) is 5.91 Å². The molecule has 2 aromatic carbocycles. The second-order valence-electron chi connectivity index (χ2n) is 4.76. The van der Waals surface area contributed by atoms with Crippen LogP contribution in [0.15, 0.2) is 54.1 Å². The Balaban J connectivity index is 2.23. The van der Waals surface area contributed by atoms with Gasteiger partial charge in [-0.25, -0.2) is 4.39 Å². The monoisotopic (exact) mass is 334 g/mol. The first-order valence-electron chi connectivity index (χ1n) is 6.65. The molecule has 0 heterocycles. The Morgan fingerprint density at radius 1 is 1.12 bits per heavy atom. The molecule has 122 valence electrons. The normalized spacial score (nSPS) is 11.7. The molecule has 0 aromatic heterocycles. The first-order chi connectivity index (χ1) is 11.3. The van der Waals surface area contributed by atoms with Gasteiger partial charge >= 0.3 is 6.18 Å². The van der Waals surface area contributed by atoms with Crippen molar-refractivity contribution in [2.45, 2.75) is 6.18 Å². The van der Waals surface area contributed by atoms with E-state index in [0.29, 0.717) is 0 Å². The van der Waals surface area contributed by atoms with Gasteiger partial charge in [0.25, 0.3) is 5.91 Å². The topological polar surface area (TPSA) is 52.9 Å². The molecule has 1 N–H and O–H groups in total. The number of carbonyl (C=O) groups is 1. The average molecular weight is 334 g/mol. The maximum absolute atomic E-state index is 13.1. The number of nitriles is 1. The summed E-state index contributed by atoms with van der Waals surface area (Å²) in [5.74, 6) is -1.43. The Hall–Kier alpha value is -3.14. The highest BCUT2D eigenvalue weighted by Gasteiger charge is 2.30. The van der Waals surface area contributed by atoms with Gasteiger partial charge in [-0.1, -0.05) is 18.2 Å². The summed E-state index contributed by atoms with van der Waals surface area (Å²) in [7, 11) is 0. The number of nitrogens with one attached hydrogen (secondary N) is 1. The minimum absolute atomic E-state index is 0.102. The maximum atomic E-state index is 13.1. The molecule has 0 bridgehead atoms. The van der Waals surface area contributed by atoms with E-state index < -0.39 is 23.5 Å². The minimum Gasteiger partial charge on any atom is -0.321 e. The summed E-state index contributed by atoms with van der Waals surface area (Å²) in [5, 5.41) is 11.3. The van der Waals surface area contributed by atoms with Crippen LogP contribution < -0.4 is 5.32 Å². The number of hydrogen-bond donors (Lipinski definition) is 1. The van der Waals surface area contributed by atoms with E-state index in [0.717, 1.165) is 30.3 Å². The van der Waals surface area contributed by atoms with Gasteiger partial charge in [0, 0.05) is 5.69 Å². The predicted molar refractivity (Wildman–Crippen MR) is 80.1 cm³/mol. The van der Waals surface area contributed by atoms with Crippen LogP contribution in [0.25, 0.3) is 6.08 Å². The molecule has 0 saturated carbocycles. The summed E-state index contributed by atoms with van der Waals surface area (Å²) >= 11 is 0. The van der Waals surface area contributed by atoms with Gasteiger partial charge < -0.3 is 5.32 Å². The summed E-state index contributed by atoms with van der Waals surface area (Å²) in [5.41, 5.74) is -1.10. The lowest BCUT2D eigenvalue weighted by Gasteiger charge is -2.09. The highest BCUT2D eigenvalue weighted by Crippen LogP contribution is 2.30. The SMILES string of the molecule is N#C/C(=C/c1cccc(F)c1)C(=O)Nc1cccc(C(F)(F)F)c1. The molecular weight excluding hydrogens is 324 g/mol. The van der Waals surface area contributed by atoms with Crippen LogP contribution in [0.2, 0.25) is 0 Å². The Labute approximate surface area is 134 Å². The molecule has 0 atom stereocenters. The summed E-state index contributed by atoms with van der Waals surface area (Å²) in [4.78, 5) is 12.0. The number of hydrogen-bond acceptors (Lipinski definition) is 2. The standard InChI is InChI=1S/C17H10F4N2O/c18-14-5-1-3-11(8-14)7-12(10-22)16(24)23-15-6-2-4-13(9-15)17(19,20)21/h1-9H,(H,23,24)/b12-7-. The van der Waals surface area contributed by atoms with Gasteiger partial charge in [0.2, 0.25) is 0 Å². The summed E-state index contributed by atoms with van der Waals surface area (Å²) in [6.07, 6.45) is -3.40. The van der Waals surface area contributed by atoms with Gasteiger partial charge in [0.1, 0.15) is 17.5 Å². The largest absolute Gasteiger partial charge is 0.416 e. The zero-order valence-corrected chi connectivity index (χ0v) is 12.1. The Morgan fingerprint density at radius 3 is 2.46 bits per heavy atom. The number of rotatable bonds is 3. The summed E-state index contributed by atoms with van der Waals surface area (Å²) < 4.78 is 51.0. The third kappa shape index (κ3) is 4.43. The van der Waals surface area contributed by atoms with Gasteiger partial charge in [-0.2, -0.15) is 18.4 Å². The van der Waals surface area contributed by atoms with Crippen molar-refractivity contribution in [3.05, 3.63) is 71.0 Å². The lowest BCUT2D eigenvalue weighted by molar-refractivity contribution is -0.137. The van der Waals surface area contributed by atoms with Gasteiger partial charge in [-0.05, 0) is 42.0 Å². The molecule has 0 unspecified atom stereocenters. The van der Waals surface area contributed by atoms with Crippen LogP contribution in [-0.2, 0) is 11.0 Å². The fourth-order valence-electron chi connectivity index (χ4n) is 1.88. The van der Waals surface area contributed by atoms with E-state index in [9.17, 15) is 22.4 Å². The number of nitrogens with zero attached hydrogens (tertiary/aromatic N) is 1. The number of anilines is 1. The maximum Gasteiger partial charge on any atom is 0.416 e. The van der Waals surface area contributed by atoms with E-state index in [2.05, 4.69) is 5.32 Å². The number of amides is 1. The number of alkyl halides is 3. The van der Waals surface area contributed by atoms with Crippen molar-refractivity contribution in [1.82, 2.24) is 0 Å². The lowest BCUT2D eigenvalue weighted by Crippen LogP contribution is -2.14. The molecule has 2 rings (SSSR count). The lowest BCUT2D eigenvalue weighted by atomic mass is 10.1. The number of benzene rings is 2. The Morgan fingerprint density at radius 2 is 1.83 bits per heavy atom. The quantitative estimate of drug-likeness (QED) is 0.514. The van der Waals surface area contributed by atoms with E-state index in [1.54, 1.807) is 6.07 Å². The van der Waals surface area contributed by atoms with Crippen LogP contribution in [0.3, 0.4) is 0 Å². The van der Waals surface area contributed by atoms with E-state index in [1.807, 2.05) is 0 Å². The smallest absolute Gasteiger partial charge is 0.321 e. The first-order valence-corrected chi connectivity index (χ1v) is 6.65. The van der Waals surface area contributed by atoms with Crippen LogP contribution in [0.5, 0.6) is 0 Å². The molecule has 0 aliphatic carbocycles. The van der Waals surface area contributed by atoms with Gasteiger partial charge in [-0.15, -0.1) is 0 Å². The predicted octanol–water partition coefficient (Wildman–Crippen LogP) is 4.39. The van der Waals surface area contributed by atoms with Crippen molar-refractivity contribution in [2.24, 2.45) is 0 Å². The molecule has 0 radical (unpaired) electrons. The molecule has 0 saturated heterocycles. The molecule has 0 aliphatic heterocycles. The van der Waals surface area contributed by atoms with Gasteiger partial charge in [-0.3, -0.25) is 4.79 Å². The highest BCUT2D eigenvalue weighted by molar-refractivity contribution is 6.09. The zero-order chi connectivity index (χ0) is 17.7. The molecule has 2 aromatic rings. The average Bonchev–Trinajstić information content (AvgIpc) is 2.52. The van der Waals surface area contributed by atoms with Crippen LogP contribution in [0, 0.1) is 17.1 Å². The van der Waals surface area contributed by atoms with E-state index in [-0.39, 0.29) is 16.8 Å². The molecule has 0 spiro atoms. The Bertz CT molecular complexity index is 835. The van der Waals surface area contributed by atoms with E-state index in [4.69, 9.17) is 5.26 Å². The van der Waals surface area contributed by atoms with Crippen molar-refractivity contribution in [1.29, 1.82) is 5.26 Å². The summed E-state index contributed by atoms with van der Waals surface area (Å²) in [6.45, 7) is 0. The molecule has 24 heavy (non-hydrogen) atoms. The zero-order valence-electron chi connectivity index (χ0n) is 12.1. The second-order valence-corrected chi connectivity index (χ2v) is 4.76. The van der Waals surface area contributed by atoms with E-state index >= 15 is 0 Å². The second kappa shape index (κ2) is 6.96. The molecule has 3 nitrogen and oxygen atoms in total.